The van der Waals surface area contributed by atoms with Gasteiger partial charge in [0.1, 0.15) is 5.76 Å². The number of rotatable bonds is 4. The average molecular weight is 262 g/mol. The van der Waals surface area contributed by atoms with Gasteiger partial charge in [-0.1, -0.05) is 5.16 Å². The summed E-state index contributed by atoms with van der Waals surface area (Å²) in [5.41, 5.74) is 1.02. The molecule has 0 spiro atoms. The molecule has 0 atom stereocenters. The molecule has 1 N–H and O–H groups in total. The van der Waals surface area contributed by atoms with Crippen LogP contribution in [0.15, 0.2) is 22.7 Å². The molecule has 3 rings (SSSR count). The molecular formula is C13H14N2O4. The Morgan fingerprint density at radius 3 is 2.95 bits per heavy atom. The fourth-order valence-electron chi connectivity index (χ4n) is 1.93. The van der Waals surface area contributed by atoms with Crippen LogP contribution in [0, 0.1) is 6.92 Å². The first-order valence-electron chi connectivity index (χ1n) is 5.90. The molecule has 1 aromatic carbocycles. The number of aryl methyl sites for hydroxylation is 1. The van der Waals surface area contributed by atoms with Gasteiger partial charge in [0.25, 0.3) is 0 Å². The number of hydrogen-bond donors (Lipinski definition) is 1. The first kappa shape index (κ1) is 11.7. The van der Waals surface area contributed by atoms with Crippen LogP contribution in [0.3, 0.4) is 0 Å². The summed E-state index contributed by atoms with van der Waals surface area (Å²) in [6.45, 7) is 2.67. The molecule has 100 valence electrons. The highest BCUT2D eigenvalue weighted by atomic mass is 16.7. The lowest BCUT2D eigenvalue weighted by Gasteiger charge is -2.08. The maximum Gasteiger partial charge on any atom is 0.231 e. The van der Waals surface area contributed by atoms with E-state index in [0.717, 1.165) is 11.3 Å². The van der Waals surface area contributed by atoms with E-state index in [4.69, 9.17) is 18.7 Å². The number of nitrogens with one attached hydrogen (secondary N) is 1. The van der Waals surface area contributed by atoms with Crippen LogP contribution in [0.5, 0.6) is 17.2 Å². The Balaban J connectivity index is 1.78. The predicted molar refractivity (Wildman–Crippen MR) is 67.7 cm³/mol. The second-order valence-corrected chi connectivity index (χ2v) is 4.21. The normalized spacial score (nSPS) is 12.5. The summed E-state index contributed by atoms with van der Waals surface area (Å²) in [5.74, 6) is 3.50. The quantitative estimate of drug-likeness (QED) is 0.912. The van der Waals surface area contributed by atoms with E-state index in [-0.39, 0.29) is 6.79 Å². The molecule has 0 amide bonds. The van der Waals surface area contributed by atoms with Crippen LogP contribution in [-0.4, -0.2) is 19.1 Å². The van der Waals surface area contributed by atoms with Gasteiger partial charge in [0.05, 0.1) is 7.11 Å². The van der Waals surface area contributed by atoms with Gasteiger partial charge in [-0.3, -0.25) is 0 Å². The summed E-state index contributed by atoms with van der Waals surface area (Å²) in [6, 6.07) is 5.67. The van der Waals surface area contributed by atoms with Crippen LogP contribution in [0.1, 0.15) is 11.3 Å². The van der Waals surface area contributed by atoms with E-state index in [9.17, 15) is 0 Å². The van der Waals surface area contributed by atoms with Crippen molar-refractivity contribution in [3.63, 3.8) is 0 Å². The van der Waals surface area contributed by atoms with Crippen molar-refractivity contribution in [3.05, 3.63) is 29.5 Å². The molecular weight excluding hydrogens is 248 g/mol. The molecule has 1 aliphatic heterocycles. The number of nitrogens with zero attached hydrogens (tertiary/aromatic N) is 1. The van der Waals surface area contributed by atoms with E-state index in [1.54, 1.807) is 7.11 Å². The first-order chi connectivity index (χ1) is 9.26. The molecule has 2 heterocycles. The molecule has 0 radical (unpaired) electrons. The zero-order chi connectivity index (χ0) is 13.2. The zero-order valence-corrected chi connectivity index (χ0v) is 10.7. The van der Waals surface area contributed by atoms with Crippen molar-refractivity contribution in [2.24, 2.45) is 0 Å². The minimum absolute atomic E-state index is 0.227. The summed E-state index contributed by atoms with van der Waals surface area (Å²) < 4.78 is 21.0. The van der Waals surface area contributed by atoms with Crippen molar-refractivity contribution in [1.82, 2.24) is 5.16 Å². The Morgan fingerprint density at radius 2 is 2.21 bits per heavy atom. The van der Waals surface area contributed by atoms with Gasteiger partial charge in [-0.15, -0.1) is 0 Å². The van der Waals surface area contributed by atoms with Gasteiger partial charge in [-0.2, -0.15) is 0 Å². The SMILES string of the molecule is COc1cc(CNc2cc(C)on2)cc2c1OCO2. The Hall–Kier alpha value is -2.37. The summed E-state index contributed by atoms with van der Waals surface area (Å²) in [7, 11) is 1.61. The van der Waals surface area contributed by atoms with Crippen LogP contribution in [0.25, 0.3) is 0 Å². The van der Waals surface area contributed by atoms with E-state index >= 15 is 0 Å². The zero-order valence-electron chi connectivity index (χ0n) is 10.7. The summed E-state index contributed by atoms with van der Waals surface area (Å²) in [5, 5.41) is 7.04. The molecule has 0 saturated heterocycles. The third kappa shape index (κ3) is 2.29. The van der Waals surface area contributed by atoms with Gasteiger partial charge >= 0.3 is 0 Å². The first-order valence-corrected chi connectivity index (χ1v) is 5.90. The van der Waals surface area contributed by atoms with Gasteiger partial charge in [-0.25, -0.2) is 0 Å². The largest absolute Gasteiger partial charge is 0.493 e. The third-order valence-electron chi connectivity index (χ3n) is 2.82. The van der Waals surface area contributed by atoms with Crippen molar-refractivity contribution < 1.29 is 18.7 Å². The number of ether oxygens (including phenoxy) is 3. The minimum Gasteiger partial charge on any atom is -0.493 e. The highest BCUT2D eigenvalue weighted by Gasteiger charge is 2.19. The van der Waals surface area contributed by atoms with Crippen LogP contribution in [-0.2, 0) is 6.54 Å². The summed E-state index contributed by atoms with van der Waals surface area (Å²) in [4.78, 5) is 0. The number of anilines is 1. The Kier molecular flexibility index (Phi) is 2.91. The van der Waals surface area contributed by atoms with Crippen LogP contribution in [0.4, 0.5) is 5.82 Å². The van der Waals surface area contributed by atoms with Gasteiger partial charge in [0, 0.05) is 12.6 Å². The number of hydrogen-bond acceptors (Lipinski definition) is 6. The number of benzene rings is 1. The molecule has 1 aliphatic rings. The third-order valence-corrected chi connectivity index (χ3v) is 2.82. The molecule has 0 aliphatic carbocycles. The molecule has 6 heteroatoms. The fourth-order valence-corrected chi connectivity index (χ4v) is 1.93. The van der Waals surface area contributed by atoms with E-state index in [0.29, 0.717) is 29.6 Å². The van der Waals surface area contributed by atoms with Crippen LogP contribution < -0.4 is 19.5 Å². The smallest absolute Gasteiger partial charge is 0.231 e. The number of methoxy groups -OCH3 is 1. The number of aromatic nitrogens is 1. The lowest BCUT2D eigenvalue weighted by atomic mass is 10.2. The van der Waals surface area contributed by atoms with Gasteiger partial charge in [0.2, 0.25) is 12.5 Å². The topological polar surface area (TPSA) is 65.8 Å². The van der Waals surface area contributed by atoms with Crippen molar-refractivity contribution in [2.75, 3.05) is 19.2 Å². The second kappa shape index (κ2) is 4.72. The molecule has 2 aromatic rings. The molecule has 19 heavy (non-hydrogen) atoms. The number of fused-ring (bicyclic) bond motifs is 1. The lowest BCUT2D eigenvalue weighted by Crippen LogP contribution is -2.00. The highest BCUT2D eigenvalue weighted by Crippen LogP contribution is 2.41. The molecule has 0 saturated carbocycles. The summed E-state index contributed by atoms with van der Waals surface area (Å²) in [6.07, 6.45) is 0. The monoisotopic (exact) mass is 262 g/mol. The summed E-state index contributed by atoms with van der Waals surface area (Å²) >= 11 is 0. The van der Waals surface area contributed by atoms with Crippen molar-refractivity contribution >= 4 is 5.82 Å². The maximum atomic E-state index is 5.37. The second-order valence-electron chi connectivity index (χ2n) is 4.21. The van der Waals surface area contributed by atoms with Gasteiger partial charge in [0.15, 0.2) is 17.3 Å². The van der Waals surface area contributed by atoms with Gasteiger partial charge in [-0.05, 0) is 24.6 Å². The molecule has 6 nitrogen and oxygen atoms in total. The fraction of sp³-hybridized carbons (Fsp3) is 0.308. The Labute approximate surface area is 110 Å². The van der Waals surface area contributed by atoms with Crippen LogP contribution >= 0.6 is 0 Å². The van der Waals surface area contributed by atoms with Crippen molar-refractivity contribution in [2.45, 2.75) is 13.5 Å². The maximum absolute atomic E-state index is 5.37. The molecule has 0 unspecified atom stereocenters. The van der Waals surface area contributed by atoms with Gasteiger partial charge < -0.3 is 24.1 Å². The Morgan fingerprint density at radius 1 is 1.32 bits per heavy atom. The lowest BCUT2D eigenvalue weighted by molar-refractivity contribution is 0.171. The van der Waals surface area contributed by atoms with Crippen molar-refractivity contribution in [3.8, 4) is 17.2 Å². The van der Waals surface area contributed by atoms with E-state index in [1.165, 1.54) is 0 Å². The highest BCUT2D eigenvalue weighted by molar-refractivity contribution is 5.55. The molecule has 1 aromatic heterocycles. The van der Waals surface area contributed by atoms with E-state index < -0.39 is 0 Å². The standard InChI is InChI=1S/C13H14N2O4/c1-8-3-12(15-19-8)14-6-9-4-10(16-2)13-11(5-9)17-7-18-13/h3-5H,6-7H2,1-2H3,(H,14,15). The molecule has 0 fully saturated rings. The van der Waals surface area contributed by atoms with E-state index in [2.05, 4.69) is 10.5 Å². The van der Waals surface area contributed by atoms with Crippen LogP contribution in [0.2, 0.25) is 0 Å². The minimum atomic E-state index is 0.227. The average Bonchev–Trinajstić information content (AvgIpc) is 3.03. The van der Waals surface area contributed by atoms with Crippen molar-refractivity contribution in [1.29, 1.82) is 0 Å². The van der Waals surface area contributed by atoms with E-state index in [1.807, 2.05) is 25.1 Å². The Bertz CT molecular complexity index is 594. The molecule has 0 bridgehead atoms. The predicted octanol–water partition coefficient (Wildman–Crippen LogP) is 2.33.